The van der Waals surface area contributed by atoms with E-state index in [-0.39, 0.29) is 6.29 Å². The van der Waals surface area contributed by atoms with Gasteiger partial charge in [0, 0.05) is 0 Å². The summed E-state index contributed by atoms with van der Waals surface area (Å²) in [6.07, 6.45) is -0.341. The number of hydrogen-bond donors (Lipinski definition) is 0. The summed E-state index contributed by atoms with van der Waals surface area (Å²) in [6, 6.07) is 9.86. The van der Waals surface area contributed by atoms with Gasteiger partial charge in [0.25, 0.3) is 0 Å². The van der Waals surface area contributed by atoms with Gasteiger partial charge in [0.2, 0.25) is 0 Å². The number of alkyl halides is 1. The molecule has 0 aliphatic carbocycles. The molecular formula is C11H13ClO2. The van der Waals surface area contributed by atoms with Gasteiger partial charge in [-0.05, 0) is 12.5 Å². The van der Waals surface area contributed by atoms with Gasteiger partial charge in [-0.2, -0.15) is 0 Å². The summed E-state index contributed by atoms with van der Waals surface area (Å²) in [6.45, 7) is 3.17. The molecule has 0 aromatic heterocycles. The minimum absolute atomic E-state index is 0.341. The van der Waals surface area contributed by atoms with Crippen molar-refractivity contribution in [1.29, 1.82) is 0 Å². The second-order valence-corrected chi connectivity index (χ2v) is 4.30. The third-order valence-electron chi connectivity index (χ3n) is 2.40. The van der Waals surface area contributed by atoms with Crippen LogP contribution in [0.3, 0.4) is 0 Å². The molecule has 1 aromatic carbocycles. The van der Waals surface area contributed by atoms with Crippen LogP contribution < -0.4 is 0 Å². The highest BCUT2D eigenvalue weighted by Gasteiger charge is 2.38. The van der Waals surface area contributed by atoms with Crippen molar-refractivity contribution in [3.63, 3.8) is 0 Å². The first-order valence-electron chi connectivity index (χ1n) is 4.69. The lowest BCUT2D eigenvalue weighted by Crippen LogP contribution is -2.31. The van der Waals surface area contributed by atoms with Crippen molar-refractivity contribution in [2.75, 3.05) is 13.2 Å². The third kappa shape index (κ3) is 1.78. The molecule has 1 aliphatic rings. The maximum Gasteiger partial charge on any atom is 0.180 e. The molecule has 1 aliphatic heterocycles. The minimum Gasteiger partial charge on any atom is -0.348 e. The van der Waals surface area contributed by atoms with Crippen LogP contribution in [-0.4, -0.2) is 19.5 Å². The van der Waals surface area contributed by atoms with Crippen molar-refractivity contribution in [1.82, 2.24) is 0 Å². The standard InChI is InChI=1S/C11H13ClO2/c1-11(12,10-13-7-8-14-10)9-5-3-2-4-6-9/h2-6,10H,7-8H2,1H3/t11-/m1/s1. The van der Waals surface area contributed by atoms with Crippen molar-refractivity contribution in [2.45, 2.75) is 18.1 Å². The fourth-order valence-corrected chi connectivity index (χ4v) is 1.82. The van der Waals surface area contributed by atoms with E-state index in [0.717, 1.165) is 5.56 Å². The van der Waals surface area contributed by atoms with E-state index in [1.54, 1.807) is 0 Å². The van der Waals surface area contributed by atoms with Crippen LogP contribution in [0.15, 0.2) is 30.3 Å². The lowest BCUT2D eigenvalue weighted by atomic mass is 10.00. The van der Waals surface area contributed by atoms with Gasteiger partial charge in [-0.3, -0.25) is 0 Å². The van der Waals surface area contributed by atoms with E-state index < -0.39 is 4.87 Å². The number of hydrogen-bond acceptors (Lipinski definition) is 2. The Balaban J connectivity index is 2.22. The lowest BCUT2D eigenvalue weighted by molar-refractivity contribution is -0.0695. The monoisotopic (exact) mass is 212 g/mol. The van der Waals surface area contributed by atoms with E-state index in [0.29, 0.717) is 13.2 Å². The van der Waals surface area contributed by atoms with E-state index >= 15 is 0 Å². The topological polar surface area (TPSA) is 18.5 Å². The van der Waals surface area contributed by atoms with Crippen molar-refractivity contribution in [3.05, 3.63) is 35.9 Å². The Hall–Kier alpha value is -0.570. The summed E-state index contributed by atoms with van der Waals surface area (Å²) in [5.74, 6) is 0. The van der Waals surface area contributed by atoms with Crippen LogP contribution in [0.1, 0.15) is 12.5 Å². The van der Waals surface area contributed by atoms with Crippen LogP contribution in [0.25, 0.3) is 0 Å². The fraction of sp³-hybridized carbons (Fsp3) is 0.455. The second-order valence-electron chi connectivity index (χ2n) is 3.52. The number of benzene rings is 1. The lowest BCUT2D eigenvalue weighted by Gasteiger charge is -2.27. The number of halogens is 1. The largest absolute Gasteiger partial charge is 0.348 e. The first-order chi connectivity index (χ1) is 6.71. The maximum absolute atomic E-state index is 6.42. The fourth-order valence-electron chi connectivity index (χ4n) is 1.57. The Labute approximate surface area is 88.8 Å². The van der Waals surface area contributed by atoms with Gasteiger partial charge in [-0.25, -0.2) is 0 Å². The van der Waals surface area contributed by atoms with Gasteiger partial charge in [0.1, 0.15) is 4.87 Å². The molecule has 14 heavy (non-hydrogen) atoms. The molecule has 1 atom stereocenters. The Bertz CT molecular complexity index is 291. The maximum atomic E-state index is 6.42. The van der Waals surface area contributed by atoms with E-state index in [1.807, 2.05) is 37.3 Å². The number of rotatable bonds is 2. The van der Waals surface area contributed by atoms with Crippen molar-refractivity contribution < 1.29 is 9.47 Å². The van der Waals surface area contributed by atoms with Crippen LogP contribution in [0.2, 0.25) is 0 Å². The van der Waals surface area contributed by atoms with Gasteiger partial charge in [-0.1, -0.05) is 30.3 Å². The summed E-state index contributed by atoms with van der Waals surface area (Å²) in [5, 5.41) is 0. The van der Waals surface area contributed by atoms with Gasteiger partial charge in [-0.15, -0.1) is 11.6 Å². The molecule has 0 spiro atoms. The van der Waals surface area contributed by atoms with Crippen molar-refractivity contribution in [3.8, 4) is 0 Å². The summed E-state index contributed by atoms with van der Waals surface area (Å²) in [7, 11) is 0. The van der Waals surface area contributed by atoms with Gasteiger partial charge in [0.05, 0.1) is 13.2 Å². The first kappa shape index (κ1) is 9.97. The molecule has 76 valence electrons. The molecule has 2 rings (SSSR count). The molecule has 0 bridgehead atoms. The molecule has 3 heteroatoms. The SMILES string of the molecule is C[C@@](Cl)(c1ccccc1)C1OCCO1. The van der Waals surface area contributed by atoms with E-state index in [9.17, 15) is 0 Å². The summed E-state index contributed by atoms with van der Waals surface area (Å²) >= 11 is 6.42. The molecule has 1 saturated heterocycles. The molecular weight excluding hydrogens is 200 g/mol. The van der Waals surface area contributed by atoms with Crippen LogP contribution in [0.5, 0.6) is 0 Å². The zero-order chi connectivity index (χ0) is 10.0. The molecule has 0 radical (unpaired) electrons. The molecule has 0 amide bonds. The quantitative estimate of drug-likeness (QED) is 0.702. The Morgan fingerprint density at radius 3 is 2.36 bits per heavy atom. The highest BCUT2D eigenvalue weighted by atomic mass is 35.5. The molecule has 1 heterocycles. The third-order valence-corrected chi connectivity index (χ3v) is 2.80. The second kappa shape index (κ2) is 3.89. The average molecular weight is 213 g/mol. The summed E-state index contributed by atoms with van der Waals surface area (Å²) in [5.41, 5.74) is 1.02. The highest BCUT2D eigenvalue weighted by Crippen LogP contribution is 2.36. The van der Waals surface area contributed by atoms with E-state index in [2.05, 4.69) is 0 Å². The van der Waals surface area contributed by atoms with Crippen molar-refractivity contribution in [2.24, 2.45) is 0 Å². The van der Waals surface area contributed by atoms with Gasteiger partial charge in [0.15, 0.2) is 6.29 Å². The predicted molar refractivity (Wildman–Crippen MR) is 55.3 cm³/mol. The first-order valence-corrected chi connectivity index (χ1v) is 5.07. The normalized spacial score (nSPS) is 22.1. The Morgan fingerprint density at radius 1 is 1.21 bits per heavy atom. The summed E-state index contributed by atoms with van der Waals surface area (Å²) < 4.78 is 10.8. The molecule has 0 unspecified atom stereocenters. The van der Waals surface area contributed by atoms with Crippen molar-refractivity contribution >= 4 is 11.6 Å². The average Bonchev–Trinajstić information content (AvgIpc) is 2.72. The zero-order valence-electron chi connectivity index (χ0n) is 8.07. The van der Waals surface area contributed by atoms with Crippen LogP contribution >= 0.6 is 11.6 Å². The van der Waals surface area contributed by atoms with Gasteiger partial charge < -0.3 is 9.47 Å². The Kier molecular flexibility index (Phi) is 2.77. The highest BCUT2D eigenvalue weighted by molar-refractivity contribution is 6.24. The molecule has 1 aromatic rings. The van der Waals surface area contributed by atoms with E-state index in [1.165, 1.54) is 0 Å². The van der Waals surface area contributed by atoms with Crippen LogP contribution in [0, 0.1) is 0 Å². The Morgan fingerprint density at radius 2 is 1.79 bits per heavy atom. The molecule has 0 saturated carbocycles. The summed E-state index contributed by atoms with van der Waals surface area (Å²) in [4.78, 5) is -0.599. The number of ether oxygens (including phenoxy) is 2. The minimum atomic E-state index is -0.599. The van der Waals surface area contributed by atoms with Crippen LogP contribution in [0.4, 0.5) is 0 Å². The molecule has 2 nitrogen and oxygen atoms in total. The predicted octanol–water partition coefficient (Wildman–Crippen LogP) is 2.51. The van der Waals surface area contributed by atoms with Crippen LogP contribution in [-0.2, 0) is 14.3 Å². The molecule has 1 fully saturated rings. The van der Waals surface area contributed by atoms with Gasteiger partial charge >= 0.3 is 0 Å². The molecule has 0 N–H and O–H groups in total. The van der Waals surface area contributed by atoms with E-state index in [4.69, 9.17) is 21.1 Å². The smallest absolute Gasteiger partial charge is 0.180 e. The zero-order valence-corrected chi connectivity index (χ0v) is 8.83.